The number of rotatable bonds is 3. The van der Waals surface area contributed by atoms with Crippen molar-refractivity contribution in [1.29, 1.82) is 0 Å². The largest absolute Gasteiger partial charge is 0.378 e. The van der Waals surface area contributed by atoms with Crippen LogP contribution in [0.15, 0.2) is 0 Å². The first-order valence-corrected chi connectivity index (χ1v) is 8.73. The average Bonchev–Trinajstić information content (AvgIpc) is 3.10. The van der Waals surface area contributed by atoms with Gasteiger partial charge in [-0.15, -0.1) is 0 Å². The van der Waals surface area contributed by atoms with E-state index in [2.05, 4.69) is 0 Å². The maximum absolute atomic E-state index is 12.8. The molecule has 3 atom stereocenters. The first kappa shape index (κ1) is 16.7. The molecule has 0 radical (unpaired) electrons. The second-order valence-electron chi connectivity index (χ2n) is 6.54. The summed E-state index contributed by atoms with van der Waals surface area (Å²) >= 11 is 0. The fourth-order valence-electron chi connectivity index (χ4n) is 3.69. The lowest BCUT2D eigenvalue weighted by atomic mass is 9.99. The summed E-state index contributed by atoms with van der Waals surface area (Å²) in [6, 6.07) is -0.338. The maximum Gasteiger partial charge on any atom is 0.252 e. The average molecular weight is 325 g/mol. The molecule has 1 unspecified atom stereocenters. The summed E-state index contributed by atoms with van der Waals surface area (Å²) < 4.78 is 11.0. The van der Waals surface area contributed by atoms with Crippen molar-refractivity contribution in [2.75, 3.05) is 39.4 Å². The highest BCUT2D eigenvalue weighted by Gasteiger charge is 2.40. The van der Waals surface area contributed by atoms with Crippen LogP contribution in [0.4, 0.5) is 0 Å². The summed E-state index contributed by atoms with van der Waals surface area (Å²) in [5.74, 6) is 0.0296. The van der Waals surface area contributed by atoms with E-state index in [0.29, 0.717) is 45.8 Å². The van der Waals surface area contributed by atoms with Gasteiger partial charge in [-0.2, -0.15) is 0 Å². The highest BCUT2D eigenvalue weighted by Crippen LogP contribution is 2.26. The number of likely N-dealkylation sites (tertiary alicyclic amines) is 1. The van der Waals surface area contributed by atoms with Crippen molar-refractivity contribution in [3.05, 3.63) is 0 Å². The molecule has 3 aliphatic rings. The summed E-state index contributed by atoms with van der Waals surface area (Å²) in [7, 11) is 0. The number of morpholine rings is 1. The van der Waals surface area contributed by atoms with Gasteiger partial charge in [0.25, 0.3) is 5.91 Å². The monoisotopic (exact) mass is 325 g/mol. The standard InChI is InChI=1S/C16H27N3O4/c17-11-12-4-5-14(23-12)16(21)19-6-2-1-3-13(19)15(20)18-7-9-22-10-8-18/h12-14H,1-11,17H2/t12-,13?,14+/m1/s1. The molecule has 2 amide bonds. The van der Waals surface area contributed by atoms with Crippen LogP contribution in [-0.2, 0) is 19.1 Å². The third-order valence-corrected chi connectivity index (χ3v) is 5.04. The van der Waals surface area contributed by atoms with Gasteiger partial charge in [0.2, 0.25) is 5.91 Å². The number of nitrogens with two attached hydrogens (primary N) is 1. The third kappa shape index (κ3) is 3.67. The van der Waals surface area contributed by atoms with E-state index in [1.54, 1.807) is 4.90 Å². The van der Waals surface area contributed by atoms with Gasteiger partial charge in [-0.25, -0.2) is 0 Å². The van der Waals surface area contributed by atoms with Crippen molar-refractivity contribution in [2.45, 2.75) is 50.4 Å². The van der Waals surface area contributed by atoms with E-state index in [1.807, 2.05) is 4.90 Å². The first-order valence-electron chi connectivity index (χ1n) is 8.73. The molecule has 3 heterocycles. The third-order valence-electron chi connectivity index (χ3n) is 5.04. The van der Waals surface area contributed by atoms with Gasteiger partial charge >= 0.3 is 0 Å². The number of hydrogen-bond donors (Lipinski definition) is 1. The summed E-state index contributed by atoms with van der Waals surface area (Å²) in [6.07, 6.45) is 3.75. The fourth-order valence-corrected chi connectivity index (χ4v) is 3.69. The molecule has 23 heavy (non-hydrogen) atoms. The second kappa shape index (κ2) is 7.59. The Bertz CT molecular complexity index is 439. The van der Waals surface area contributed by atoms with Crippen LogP contribution in [0.1, 0.15) is 32.1 Å². The van der Waals surface area contributed by atoms with Crippen molar-refractivity contribution in [1.82, 2.24) is 9.80 Å². The summed E-state index contributed by atoms with van der Waals surface area (Å²) in [6.45, 7) is 3.48. The fraction of sp³-hybridized carbons (Fsp3) is 0.875. The van der Waals surface area contributed by atoms with Crippen molar-refractivity contribution in [2.24, 2.45) is 5.73 Å². The van der Waals surface area contributed by atoms with Crippen molar-refractivity contribution >= 4 is 11.8 Å². The van der Waals surface area contributed by atoms with Crippen molar-refractivity contribution in [3.8, 4) is 0 Å². The predicted molar refractivity (Wildman–Crippen MR) is 83.7 cm³/mol. The lowest BCUT2D eigenvalue weighted by molar-refractivity contribution is -0.156. The molecular weight excluding hydrogens is 298 g/mol. The Hall–Kier alpha value is -1.18. The minimum Gasteiger partial charge on any atom is -0.378 e. The smallest absolute Gasteiger partial charge is 0.252 e. The van der Waals surface area contributed by atoms with Crippen LogP contribution in [0.5, 0.6) is 0 Å². The van der Waals surface area contributed by atoms with Crippen molar-refractivity contribution < 1.29 is 19.1 Å². The maximum atomic E-state index is 12.8. The van der Waals surface area contributed by atoms with Gasteiger partial charge in [-0.05, 0) is 32.1 Å². The highest BCUT2D eigenvalue weighted by atomic mass is 16.5. The number of hydrogen-bond acceptors (Lipinski definition) is 5. The van der Waals surface area contributed by atoms with Gasteiger partial charge in [-0.3, -0.25) is 9.59 Å². The minimum absolute atomic E-state index is 0.0258. The van der Waals surface area contributed by atoms with Crippen LogP contribution in [0.3, 0.4) is 0 Å². The molecular formula is C16H27N3O4. The Morgan fingerprint density at radius 2 is 1.78 bits per heavy atom. The van der Waals surface area contributed by atoms with Crippen LogP contribution in [-0.4, -0.2) is 79.3 Å². The van der Waals surface area contributed by atoms with Crippen LogP contribution in [0.2, 0.25) is 0 Å². The normalized spacial score (nSPS) is 32.1. The zero-order chi connectivity index (χ0) is 16.2. The molecule has 0 aliphatic carbocycles. The van der Waals surface area contributed by atoms with Crippen LogP contribution in [0, 0.1) is 0 Å². The molecule has 3 fully saturated rings. The topological polar surface area (TPSA) is 85.1 Å². The van der Waals surface area contributed by atoms with E-state index in [4.69, 9.17) is 15.2 Å². The Morgan fingerprint density at radius 1 is 1.00 bits per heavy atom. The molecule has 3 aliphatic heterocycles. The number of nitrogens with zero attached hydrogens (tertiary/aromatic N) is 2. The van der Waals surface area contributed by atoms with Crippen LogP contribution < -0.4 is 5.73 Å². The van der Waals surface area contributed by atoms with Gasteiger partial charge in [0.05, 0.1) is 19.3 Å². The SMILES string of the molecule is NC[C@H]1CC[C@@H](C(=O)N2CCCCC2C(=O)N2CCOCC2)O1. The van der Waals surface area contributed by atoms with E-state index in [1.165, 1.54) is 0 Å². The van der Waals surface area contributed by atoms with E-state index < -0.39 is 6.10 Å². The number of piperidine rings is 1. The zero-order valence-electron chi connectivity index (χ0n) is 13.6. The molecule has 7 heteroatoms. The highest BCUT2D eigenvalue weighted by molar-refractivity contribution is 5.89. The summed E-state index contributed by atoms with van der Waals surface area (Å²) in [4.78, 5) is 29.2. The van der Waals surface area contributed by atoms with Gasteiger partial charge < -0.3 is 25.0 Å². The molecule has 7 nitrogen and oxygen atoms in total. The Labute approximate surface area is 137 Å². The summed E-state index contributed by atoms with van der Waals surface area (Å²) in [5, 5.41) is 0. The number of ether oxygens (including phenoxy) is 2. The molecule has 2 N–H and O–H groups in total. The van der Waals surface area contributed by atoms with Gasteiger partial charge in [0.15, 0.2) is 0 Å². The van der Waals surface area contributed by atoms with Gasteiger partial charge in [-0.1, -0.05) is 0 Å². The van der Waals surface area contributed by atoms with Gasteiger partial charge in [0, 0.05) is 26.2 Å². The molecule has 3 saturated heterocycles. The van der Waals surface area contributed by atoms with E-state index >= 15 is 0 Å². The number of carbonyl (C=O) groups is 2. The van der Waals surface area contributed by atoms with Crippen molar-refractivity contribution in [3.63, 3.8) is 0 Å². The Morgan fingerprint density at radius 3 is 2.48 bits per heavy atom. The number of amides is 2. The predicted octanol–water partition coefficient (Wildman–Crippen LogP) is -0.267. The second-order valence-corrected chi connectivity index (χ2v) is 6.54. The Kier molecular flexibility index (Phi) is 5.50. The molecule has 0 aromatic heterocycles. The molecule has 0 spiro atoms. The van der Waals surface area contributed by atoms with Gasteiger partial charge in [0.1, 0.15) is 12.1 Å². The molecule has 3 rings (SSSR count). The molecule has 0 aromatic carbocycles. The molecule has 0 saturated carbocycles. The number of carbonyl (C=O) groups excluding carboxylic acids is 2. The van der Waals surface area contributed by atoms with Crippen LogP contribution in [0.25, 0.3) is 0 Å². The molecule has 0 aromatic rings. The molecule has 130 valence electrons. The first-order chi connectivity index (χ1) is 11.2. The quantitative estimate of drug-likeness (QED) is 0.772. The summed E-state index contributed by atoms with van der Waals surface area (Å²) in [5.41, 5.74) is 5.63. The van der Waals surface area contributed by atoms with E-state index in [-0.39, 0.29) is 24.0 Å². The zero-order valence-corrected chi connectivity index (χ0v) is 13.6. The molecule has 0 bridgehead atoms. The lowest BCUT2D eigenvalue weighted by Crippen LogP contribution is -2.56. The van der Waals surface area contributed by atoms with Crippen LogP contribution >= 0.6 is 0 Å². The Balaban J connectivity index is 1.66. The lowest BCUT2D eigenvalue weighted by Gasteiger charge is -2.39. The van der Waals surface area contributed by atoms with E-state index in [9.17, 15) is 9.59 Å². The minimum atomic E-state index is -0.429. The van der Waals surface area contributed by atoms with E-state index in [0.717, 1.165) is 25.7 Å².